The van der Waals surface area contributed by atoms with Gasteiger partial charge in [0.15, 0.2) is 5.65 Å². The topological polar surface area (TPSA) is 94.1 Å². The second-order valence-electron chi connectivity index (χ2n) is 7.56. The van der Waals surface area contributed by atoms with Gasteiger partial charge in [-0.2, -0.15) is 5.10 Å². The van der Waals surface area contributed by atoms with E-state index in [4.69, 9.17) is 0 Å². The summed E-state index contributed by atoms with van der Waals surface area (Å²) in [6.45, 7) is 7.16. The fourth-order valence-electron chi connectivity index (χ4n) is 4.03. The Kier molecular flexibility index (Phi) is 5.49. The summed E-state index contributed by atoms with van der Waals surface area (Å²) in [5.41, 5.74) is 3.53. The Bertz CT molecular complexity index is 1010. The van der Waals surface area contributed by atoms with Gasteiger partial charge in [0.1, 0.15) is 5.75 Å². The Morgan fingerprint density at radius 1 is 1.31 bits per heavy atom. The molecule has 152 valence electrons. The third kappa shape index (κ3) is 3.96. The smallest absolute Gasteiger partial charge is 0.252 e. The fraction of sp³-hybridized carbons (Fsp3) is 0.409. The molecule has 3 heterocycles. The molecule has 7 nitrogen and oxygen atoms in total. The molecule has 3 aromatic rings. The number of phenolic OH excluding ortho intramolecular Hbond substituents is 1. The van der Waals surface area contributed by atoms with Crippen LogP contribution in [0.3, 0.4) is 0 Å². The predicted molar refractivity (Wildman–Crippen MR) is 113 cm³/mol. The van der Waals surface area contributed by atoms with Crippen LogP contribution in [-0.4, -0.2) is 56.8 Å². The van der Waals surface area contributed by atoms with E-state index >= 15 is 0 Å². The van der Waals surface area contributed by atoms with Gasteiger partial charge in [-0.05, 0) is 62.7 Å². The number of carbonyl (C=O) groups is 1. The number of phenols is 1. The van der Waals surface area contributed by atoms with Crippen molar-refractivity contribution in [1.29, 1.82) is 0 Å². The molecule has 1 amide bonds. The molecule has 29 heavy (non-hydrogen) atoms. The Hall–Kier alpha value is -2.93. The minimum Gasteiger partial charge on any atom is -0.508 e. The number of likely N-dealkylation sites (tertiary alicyclic amines) is 1. The molecule has 2 aromatic heterocycles. The van der Waals surface area contributed by atoms with Gasteiger partial charge in [0.2, 0.25) is 0 Å². The van der Waals surface area contributed by atoms with E-state index in [0.29, 0.717) is 16.9 Å². The second kappa shape index (κ2) is 8.21. The van der Waals surface area contributed by atoms with Crippen LogP contribution in [0.15, 0.2) is 30.3 Å². The van der Waals surface area contributed by atoms with Crippen LogP contribution in [0.1, 0.15) is 42.7 Å². The number of benzene rings is 1. The van der Waals surface area contributed by atoms with Gasteiger partial charge in [-0.25, -0.2) is 4.98 Å². The SMILES string of the molecule is CCc1[nH]nc2nc(-c3ccc(O)cc3)cc(C(=O)NC3CCCN(CC)C3)c12. The van der Waals surface area contributed by atoms with Gasteiger partial charge in [-0.15, -0.1) is 0 Å². The highest BCUT2D eigenvalue weighted by Gasteiger charge is 2.24. The number of aromatic nitrogens is 3. The standard InChI is InChI=1S/C22H27N5O2/c1-3-18-20-17(22(29)23-15-6-5-11-27(4-2)13-15)12-19(24-21(20)26-25-18)14-7-9-16(28)10-8-14/h7-10,12,15,28H,3-6,11,13H2,1-2H3,(H,23,29)(H,24,25,26). The van der Waals surface area contributed by atoms with Crippen LogP contribution in [0.2, 0.25) is 0 Å². The number of aromatic amines is 1. The van der Waals surface area contributed by atoms with E-state index in [0.717, 1.165) is 55.5 Å². The molecule has 4 rings (SSSR count). The summed E-state index contributed by atoms with van der Waals surface area (Å²) in [6.07, 6.45) is 2.83. The maximum absolute atomic E-state index is 13.3. The first-order valence-electron chi connectivity index (χ1n) is 10.3. The number of likely N-dealkylation sites (N-methyl/N-ethyl adjacent to an activating group) is 1. The van der Waals surface area contributed by atoms with Crippen molar-refractivity contribution in [3.05, 3.63) is 41.6 Å². The lowest BCUT2D eigenvalue weighted by molar-refractivity contribution is 0.0907. The Morgan fingerprint density at radius 2 is 2.10 bits per heavy atom. The number of rotatable bonds is 5. The highest BCUT2D eigenvalue weighted by Crippen LogP contribution is 2.27. The molecule has 0 aliphatic carbocycles. The molecule has 1 fully saturated rings. The number of H-pyrrole nitrogens is 1. The Balaban J connectivity index is 1.71. The van der Waals surface area contributed by atoms with Crippen LogP contribution in [0, 0.1) is 0 Å². The summed E-state index contributed by atoms with van der Waals surface area (Å²) < 4.78 is 0. The van der Waals surface area contributed by atoms with Gasteiger partial charge in [0.05, 0.1) is 16.6 Å². The Morgan fingerprint density at radius 3 is 2.83 bits per heavy atom. The molecule has 1 atom stereocenters. The minimum atomic E-state index is -0.0866. The van der Waals surface area contributed by atoms with Crippen molar-refractivity contribution in [3.63, 3.8) is 0 Å². The molecular formula is C22H27N5O2. The average Bonchev–Trinajstić information content (AvgIpc) is 3.17. The molecule has 0 bridgehead atoms. The zero-order chi connectivity index (χ0) is 20.4. The van der Waals surface area contributed by atoms with Crippen molar-refractivity contribution in [3.8, 4) is 17.0 Å². The third-order valence-corrected chi connectivity index (χ3v) is 5.65. The maximum atomic E-state index is 13.3. The number of carbonyl (C=O) groups excluding carboxylic acids is 1. The molecule has 0 saturated carbocycles. The molecule has 1 aliphatic heterocycles. The number of piperidine rings is 1. The maximum Gasteiger partial charge on any atom is 0.252 e. The largest absolute Gasteiger partial charge is 0.508 e. The summed E-state index contributed by atoms with van der Waals surface area (Å²) in [5, 5.41) is 20.9. The quantitative estimate of drug-likeness (QED) is 0.619. The molecule has 7 heteroatoms. The lowest BCUT2D eigenvalue weighted by atomic mass is 10.0. The highest BCUT2D eigenvalue weighted by atomic mass is 16.3. The van der Waals surface area contributed by atoms with Crippen LogP contribution < -0.4 is 5.32 Å². The monoisotopic (exact) mass is 393 g/mol. The van der Waals surface area contributed by atoms with Gasteiger partial charge in [0, 0.05) is 23.8 Å². The van der Waals surface area contributed by atoms with E-state index in [1.807, 2.05) is 13.0 Å². The number of nitrogens with zero attached hydrogens (tertiary/aromatic N) is 3. The van der Waals surface area contributed by atoms with E-state index < -0.39 is 0 Å². The number of amides is 1. The number of aromatic hydroxyl groups is 1. The summed E-state index contributed by atoms with van der Waals surface area (Å²) in [5.74, 6) is 0.107. The van der Waals surface area contributed by atoms with E-state index in [1.165, 1.54) is 0 Å². The van der Waals surface area contributed by atoms with E-state index in [1.54, 1.807) is 24.3 Å². The predicted octanol–water partition coefficient (Wildman–Crippen LogP) is 3.11. The zero-order valence-electron chi connectivity index (χ0n) is 16.9. The van der Waals surface area contributed by atoms with E-state index in [9.17, 15) is 9.90 Å². The van der Waals surface area contributed by atoms with Gasteiger partial charge in [-0.3, -0.25) is 9.89 Å². The molecular weight excluding hydrogens is 366 g/mol. The molecule has 1 aliphatic rings. The lowest BCUT2D eigenvalue weighted by Gasteiger charge is -2.32. The average molecular weight is 393 g/mol. The van der Waals surface area contributed by atoms with Crippen LogP contribution in [0.5, 0.6) is 5.75 Å². The summed E-state index contributed by atoms with van der Waals surface area (Å²) in [7, 11) is 0. The van der Waals surface area contributed by atoms with Crippen LogP contribution in [-0.2, 0) is 6.42 Å². The number of nitrogens with one attached hydrogen (secondary N) is 2. The number of fused-ring (bicyclic) bond motifs is 1. The van der Waals surface area contributed by atoms with Crippen molar-refractivity contribution in [2.75, 3.05) is 19.6 Å². The molecule has 1 aromatic carbocycles. The summed E-state index contributed by atoms with van der Waals surface area (Å²) in [6, 6.07) is 8.79. The fourth-order valence-corrected chi connectivity index (χ4v) is 4.03. The van der Waals surface area contributed by atoms with Crippen molar-refractivity contribution in [1.82, 2.24) is 25.4 Å². The zero-order valence-corrected chi connectivity index (χ0v) is 16.9. The summed E-state index contributed by atoms with van der Waals surface area (Å²) >= 11 is 0. The molecule has 1 unspecified atom stereocenters. The van der Waals surface area contributed by atoms with E-state index in [2.05, 4.69) is 32.3 Å². The van der Waals surface area contributed by atoms with Crippen molar-refractivity contribution in [2.45, 2.75) is 39.2 Å². The van der Waals surface area contributed by atoms with E-state index in [-0.39, 0.29) is 17.7 Å². The van der Waals surface area contributed by atoms with Crippen LogP contribution in [0.25, 0.3) is 22.3 Å². The molecule has 3 N–H and O–H groups in total. The van der Waals surface area contributed by atoms with Crippen LogP contribution in [0.4, 0.5) is 0 Å². The summed E-state index contributed by atoms with van der Waals surface area (Å²) in [4.78, 5) is 20.3. The number of aryl methyl sites for hydroxylation is 1. The van der Waals surface area contributed by atoms with Crippen molar-refractivity contribution in [2.24, 2.45) is 0 Å². The van der Waals surface area contributed by atoms with Crippen LogP contribution >= 0.6 is 0 Å². The first-order chi connectivity index (χ1) is 14.1. The lowest BCUT2D eigenvalue weighted by Crippen LogP contribution is -2.47. The highest BCUT2D eigenvalue weighted by molar-refractivity contribution is 6.07. The van der Waals surface area contributed by atoms with Gasteiger partial charge >= 0.3 is 0 Å². The minimum absolute atomic E-state index is 0.0866. The number of hydrogen-bond acceptors (Lipinski definition) is 5. The number of pyridine rings is 1. The second-order valence-corrected chi connectivity index (χ2v) is 7.56. The van der Waals surface area contributed by atoms with Crippen molar-refractivity contribution >= 4 is 16.9 Å². The van der Waals surface area contributed by atoms with Gasteiger partial charge in [-0.1, -0.05) is 13.8 Å². The normalized spacial score (nSPS) is 17.5. The first kappa shape index (κ1) is 19.4. The Labute approximate surface area is 170 Å². The van der Waals surface area contributed by atoms with Gasteiger partial charge < -0.3 is 15.3 Å². The first-order valence-corrected chi connectivity index (χ1v) is 10.3. The third-order valence-electron chi connectivity index (χ3n) is 5.65. The molecule has 0 spiro atoms. The molecule has 0 radical (unpaired) electrons. The number of hydrogen-bond donors (Lipinski definition) is 3. The van der Waals surface area contributed by atoms with Crippen molar-refractivity contribution < 1.29 is 9.90 Å². The van der Waals surface area contributed by atoms with Gasteiger partial charge in [0.25, 0.3) is 5.91 Å². The molecule has 1 saturated heterocycles.